The second-order valence-corrected chi connectivity index (χ2v) is 16.3. The van der Waals surface area contributed by atoms with E-state index in [2.05, 4.69) is 162 Å². The van der Waals surface area contributed by atoms with E-state index in [1.165, 1.54) is 77.6 Å². The molecule has 0 bridgehead atoms. The first-order chi connectivity index (χ1) is 30.8. The third kappa shape index (κ3) is 4.86. The van der Waals surface area contributed by atoms with Gasteiger partial charge in [0.25, 0.3) is 0 Å². The molecule has 0 aliphatic heterocycles. The minimum Gasteiger partial charge on any atom is -0.309 e. The molecule has 1 unspecified atom stereocenters. The zero-order valence-corrected chi connectivity index (χ0v) is 33.6. The highest BCUT2D eigenvalue weighted by Crippen LogP contribution is 2.65. The number of aromatic nitrogens is 4. The summed E-state index contributed by atoms with van der Waals surface area (Å²) in [5.74, 6) is 1.95. The maximum absolute atomic E-state index is 5.02. The fraction of sp³-hybridized carbons (Fsp3) is 0.0172. The zero-order valence-electron chi connectivity index (χ0n) is 33.6. The summed E-state index contributed by atoms with van der Waals surface area (Å²) in [4.78, 5) is 14.9. The summed E-state index contributed by atoms with van der Waals surface area (Å²) in [5, 5.41) is 2.52. The van der Waals surface area contributed by atoms with Crippen LogP contribution >= 0.6 is 0 Å². The Morgan fingerprint density at radius 3 is 1.27 bits per heavy atom. The molecule has 0 saturated carbocycles. The number of benzene rings is 9. The minimum absolute atomic E-state index is 0.505. The lowest BCUT2D eigenvalue weighted by Gasteiger charge is -2.30. The highest BCUT2D eigenvalue weighted by molar-refractivity contribution is 6.10. The van der Waals surface area contributed by atoms with Gasteiger partial charge in [-0.25, -0.2) is 15.0 Å². The van der Waals surface area contributed by atoms with Crippen molar-refractivity contribution >= 4 is 21.8 Å². The first-order valence-corrected chi connectivity index (χ1v) is 21.2. The first-order valence-electron chi connectivity index (χ1n) is 21.2. The molecule has 1 spiro atoms. The van der Waals surface area contributed by atoms with E-state index in [0.717, 1.165) is 22.3 Å². The Morgan fingerprint density at radius 2 is 0.694 bits per heavy atom. The maximum Gasteiger partial charge on any atom is 0.164 e. The van der Waals surface area contributed by atoms with Crippen LogP contribution in [0.2, 0.25) is 0 Å². The molecule has 1 atom stereocenters. The minimum atomic E-state index is -0.505. The summed E-state index contributed by atoms with van der Waals surface area (Å²) < 4.78 is 2.48. The van der Waals surface area contributed by atoms with Crippen LogP contribution < -0.4 is 0 Å². The van der Waals surface area contributed by atoms with Crippen molar-refractivity contribution in [3.05, 3.63) is 241 Å². The fourth-order valence-electron chi connectivity index (χ4n) is 10.6. The highest BCUT2D eigenvalue weighted by Gasteiger charge is 2.52. The van der Waals surface area contributed by atoms with Crippen molar-refractivity contribution in [2.75, 3.05) is 0 Å². The lowest BCUT2D eigenvalue weighted by Crippen LogP contribution is -2.25. The van der Waals surface area contributed by atoms with Gasteiger partial charge in [-0.15, -0.1) is 0 Å². The van der Waals surface area contributed by atoms with Gasteiger partial charge in [0.05, 0.1) is 22.1 Å². The average Bonchev–Trinajstić information content (AvgIpc) is 3.97. The summed E-state index contributed by atoms with van der Waals surface area (Å²) in [7, 11) is 0. The van der Waals surface area contributed by atoms with Gasteiger partial charge in [0.1, 0.15) is 0 Å². The predicted molar refractivity (Wildman–Crippen MR) is 252 cm³/mol. The van der Waals surface area contributed by atoms with Gasteiger partial charge >= 0.3 is 0 Å². The number of hydrogen-bond donors (Lipinski definition) is 0. The van der Waals surface area contributed by atoms with E-state index in [1.54, 1.807) is 0 Å². The van der Waals surface area contributed by atoms with Crippen molar-refractivity contribution in [1.29, 1.82) is 0 Å². The monoisotopic (exact) mass is 788 g/mol. The van der Waals surface area contributed by atoms with Gasteiger partial charge in [0, 0.05) is 33.0 Å². The smallest absolute Gasteiger partial charge is 0.164 e. The largest absolute Gasteiger partial charge is 0.309 e. The third-order valence-electron chi connectivity index (χ3n) is 13.1. The van der Waals surface area contributed by atoms with Crippen LogP contribution in [0.3, 0.4) is 0 Å². The molecule has 4 nitrogen and oxygen atoms in total. The molecule has 288 valence electrons. The topological polar surface area (TPSA) is 43.6 Å². The molecule has 2 aliphatic carbocycles. The van der Waals surface area contributed by atoms with Crippen molar-refractivity contribution in [3.8, 4) is 73.2 Å². The number of hydrogen-bond acceptors (Lipinski definition) is 3. The molecular weight excluding hydrogens is 753 g/mol. The Hall–Kier alpha value is -8.21. The first kappa shape index (κ1) is 34.6. The van der Waals surface area contributed by atoms with Crippen molar-refractivity contribution in [1.82, 2.24) is 19.5 Å². The van der Waals surface area contributed by atoms with E-state index < -0.39 is 5.41 Å². The molecule has 4 heteroatoms. The van der Waals surface area contributed by atoms with Gasteiger partial charge in [-0.1, -0.05) is 200 Å². The van der Waals surface area contributed by atoms with Crippen LogP contribution in [0.5, 0.6) is 0 Å². The SMILES string of the molecule is c1ccc(-c2nc(-c3ccccc3)nc(-c3ccc(-c4cccc5c4-c4ccccc4C54c5ccccc5-c5c(-n6c7ccccc7c7ccccc76)cccc54)cc3)n2)cc1. The molecule has 0 amide bonds. The molecule has 0 N–H and O–H groups in total. The molecule has 0 radical (unpaired) electrons. The summed E-state index contributed by atoms with van der Waals surface area (Å²) in [6.07, 6.45) is 0. The van der Waals surface area contributed by atoms with Crippen molar-refractivity contribution in [3.63, 3.8) is 0 Å². The van der Waals surface area contributed by atoms with E-state index in [1.807, 2.05) is 60.7 Å². The molecule has 0 saturated heterocycles. The van der Waals surface area contributed by atoms with Crippen molar-refractivity contribution in [2.24, 2.45) is 0 Å². The Morgan fingerprint density at radius 1 is 0.290 bits per heavy atom. The summed E-state index contributed by atoms with van der Waals surface area (Å²) in [6, 6.07) is 78.7. The molecule has 11 aromatic rings. The van der Waals surface area contributed by atoms with Crippen LogP contribution in [0.4, 0.5) is 0 Å². The van der Waals surface area contributed by atoms with Gasteiger partial charge in [-0.05, 0) is 68.3 Å². The Bertz CT molecular complexity index is 3460. The van der Waals surface area contributed by atoms with Crippen LogP contribution in [0.25, 0.3) is 95.0 Å². The molecule has 2 aromatic heterocycles. The van der Waals surface area contributed by atoms with Crippen molar-refractivity contribution in [2.45, 2.75) is 5.41 Å². The van der Waals surface area contributed by atoms with Gasteiger partial charge < -0.3 is 4.57 Å². The van der Waals surface area contributed by atoms with E-state index in [4.69, 9.17) is 15.0 Å². The van der Waals surface area contributed by atoms with Gasteiger partial charge in [-0.3, -0.25) is 0 Å². The molecule has 9 aromatic carbocycles. The quantitative estimate of drug-likeness (QED) is 0.174. The third-order valence-corrected chi connectivity index (χ3v) is 13.1. The van der Waals surface area contributed by atoms with E-state index in [-0.39, 0.29) is 0 Å². The number of nitrogens with zero attached hydrogens (tertiary/aromatic N) is 4. The van der Waals surface area contributed by atoms with Crippen molar-refractivity contribution < 1.29 is 0 Å². The van der Waals surface area contributed by atoms with E-state index in [9.17, 15) is 0 Å². The van der Waals surface area contributed by atoms with Gasteiger partial charge in [0.15, 0.2) is 17.5 Å². The normalized spacial score (nSPS) is 14.5. The fourth-order valence-corrected chi connectivity index (χ4v) is 10.6. The molecule has 0 fully saturated rings. The predicted octanol–water partition coefficient (Wildman–Crippen LogP) is 14.0. The summed E-state index contributed by atoms with van der Waals surface area (Å²) >= 11 is 0. The lowest BCUT2D eigenvalue weighted by molar-refractivity contribution is 0.793. The number of fused-ring (bicyclic) bond motifs is 13. The zero-order chi connectivity index (χ0) is 40.8. The van der Waals surface area contributed by atoms with Crippen LogP contribution in [-0.4, -0.2) is 19.5 Å². The highest BCUT2D eigenvalue weighted by atomic mass is 15.0. The van der Waals surface area contributed by atoms with Crippen LogP contribution in [0.15, 0.2) is 218 Å². The van der Waals surface area contributed by atoms with Gasteiger partial charge in [-0.2, -0.15) is 0 Å². The summed E-state index contributed by atoms with van der Waals surface area (Å²) in [6.45, 7) is 0. The van der Waals surface area contributed by atoms with E-state index in [0.29, 0.717) is 17.5 Å². The Balaban J connectivity index is 0.999. The summed E-state index contributed by atoms with van der Waals surface area (Å²) in [5.41, 5.74) is 18.7. The molecule has 62 heavy (non-hydrogen) atoms. The number of para-hydroxylation sites is 2. The average molecular weight is 789 g/mol. The second kappa shape index (κ2) is 13.4. The molecular formula is C58H36N4. The van der Waals surface area contributed by atoms with Gasteiger partial charge in [0.2, 0.25) is 0 Å². The molecule has 2 aliphatic rings. The second-order valence-electron chi connectivity index (χ2n) is 16.3. The van der Waals surface area contributed by atoms with Crippen LogP contribution in [0.1, 0.15) is 22.3 Å². The Kier molecular flexibility index (Phi) is 7.49. The standard InChI is InChI=1S/C58H36N4/c1-3-17-38(18-4-1)55-59-56(39-19-5-2-6-20-39)61-57(60-55)40-35-33-37(34-36-40)41-25-15-28-48-53(41)44-23-7-11-26-46(44)58(48)47-27-12-8-24-45(47)54-49(58)29-16-32-52(54)62-50-30-13-9-21-42(50)43-22-10-14-31-51(43)62/h1-36H. The van der Waals surface area contributed by atoms with Crippen LogP contribution in [-0.2, 0) is 5.41 Å². The lowest BCUT2D eigenvalue weighted by atomic mass is 9.70. The molecule has 13 rings (SSSR count). The molecule has 2 heterocycles. The van der Waals surface area contributed by atoms with Crippen LogP contribution in [0, 0.1) is 0 Å². The number of rotatable bonds is 5. The van der Waals surface area contributed by atoms with E-state index >= 15 is 0 Å². The Labute approximate surface area is 359 Å². The maximum atomic E-state index is 5.02.